The van der Waals surface area contributed by atoms with E-state index in [0.717, 1.165) is 5.56 Å². The van der Waals surface area contributed by atoms with Crippen LogP contribution in [-0.2, 0) is 16.6 Å². The van der Waals surface area contributed by atoms with Crippen molar-refractivity contribution >= 4 is 21.6 Å². The van der Waals surface area contributed by atoms with Crippen molar-refractivity contribution < 1.29 is 8.42 Å². The Morgan fingerprint density at radius 1 is 1.32 bits per heavy atom. The molecule has 2 rings (SSSR count). The summed E-state index contributed by atoms with van der Waals surface area (Å²) in [4.78, 5) is 7.80. The van der Waals surface area contributed by atoms with Crippen LogP contribution in [0.5, 0.6) is 0 Å². The highest BCUT2D eigenvalue weighted by Gasteiger charge is 2.15. The molecule has 0 radical (unpaired) electrons. The van der Waals surface area contributed by atoms with E-state index in [0.29, 0.717) is 10.7 Å². The van der Waals surface area contributed by atoms with Gasteiger partial charge in [-0.1, -0.05) is 11.6 Å². The van der Waals surface area contributed by atoms with Gasteiger partial charge in [0.05, 0.1) is 0 Å². The molecule has 100 valence electrons. The van der Waals surface area contributed by atoms with Crippen LogP contribution in [0.15, 0.2) is 41.7 Å². The van der Waals surface area contributed by atoms with Gasteiger partial charge in [0.1, 0.15) is 10.0 Å². The highest BCUT2D eigenvalue weighted by molar-refractivity contribution is 7.89. The fourth-order valence-corrected chi connectivity index (χ4v) is 2.59. The van der Waals surface area contributed by atoms with Gasteiger partial charge in [0.25, 0.3) is 0 Å². The maximum atomic E-state index is 12.1. The van der Waals surface area contributed by atoms with E-state index in [1.165, 1.54) is 12.3 Å². The minimum absolute atomic E-state index is 0.100. The molecule has 2 heterocycles. The van der Waals surface area contributed by atoms with Crippen molar-refractivity contribution in [2.24, 2.45) is 0 Å². The minimum atomic E-state index is -3.59. The van der Waals surface area contributed by atoms with E-state index in [1.54, 1.807) is 31.5 Å². The molecule has 0 aliphatic rings. The summed E-state index contributed by atoms with van der Waals surface area (Å²) >= 11 is 5.77. The van der Waals surface area contributed by atoms with Crippen LogP contribution in [0.1, 0.15) is 11.1 Å². The van der Waals surface area contributed by atoms with E-state index in [1.807, 2.05) is 0 Å². The van der Waals surface area contributed by atoms with Gasteiger partial charge in [-0.25, -0.2) is 18.1 Å². The molecule has 1 N–H and O–H groups in total. The van der Waals surface area contributed by atoms with Gasteiger partial charge < -0.3 is 0 Å². The molecule has 7 heteroatoms. The standard InChI is InChI=1S/C12H12ClN3O2S/c1-9-6-11(8-15-12(9)13)19(17,18)16-7-10-2-4-14-5-3-10/h2-6,8,16H,7H2,1H3. The number of hydrogen-bond donors (Lipinski definition) is 1. The molecule has 0 fully saturated rings. The van der Waals surface area contributed by atoms with E-state index < -0.39 is 10.0 Å². The Morgan fingerprint density at radius 2 is 2.00 bits per heavy atom. The van der Waals surface area contributed by atoms with Crippen LogP contribution in [-0.4, -0.2) is 18.4 Å². The lowest BCUT2D eigenvalue weighted by Gasteiger charge is -2.07. The predicted octanol–water partition coefficient (Wildman–Crippen LogP) is 1.92. The van der Waals surface area contributed by atoms with Crippen molar-refractivity contribution in [2.75, 3.05) is 0 Å². The van der Waals surface area contributed by atoms with Gasteiger partial charge in [0, 0.05) is 25.1 Å². The number of rotatable bonds is 4. The zero-order valence-corrected chi connectivity index (χ0v) is 11.7. The summed E-state index contributed by atoms with van der Waals surface area (Å²) in [6, 6.07) is 4.98. The second-order valence-corrected chi connectivity index (χ2v) is 6.08. The van der Waals surface area contributed by atoms with Crippen molar-refractivity contribution in [3.05, 3.63) is 53.1 Å². The van der Waals surface area contributed by atoms with E-state index in [2.05, 4.69) is 14.7 Å². The van der Waals surface area contributed by atoms with Crippen LogP contribution in [0.25, 0.3) is 0 Å². The van der Waals surface area contributed by atoms with E-state index in [4.69, 9.17) is 11.6 Å². The van der Waals surface area contributed by atoms with Gasteiger partial charge in [-0.05, 0) is 36.2 Å². The quantitative estimate of drug-likeness (QED) is 0.875. The Morgan fingerprint density at radius 3 is 2.63 bits per heavy atom. The predicted molar refractivity (Wildman–Crippen MR) is 72.2 cm³/mol. The number of halogens is 1. The zero-order valence-electron chi connectivity index (χ0n) is 10.2. The summed E-state index contributed by atoms with van der Waals surface area (Å²) in [7, 11) is -3.59. The van der Waals surface area contributed by atoms with Crippen molar-refractivity contribution in [1.82, 2.24) is 14.7 Å². The van der Waals surface area contributed by atoms with Gasteiger partial charge in [-0.15, -0.1) is 0 Å². The van der Waals surface area contributed by atoms with Gasteiger partial charge in [-0.3, -0.25) is 4.98 Å². The average Bonchev–Trinajstić information content (AvgIpc) is 2.41. The molecule has 0 saturated carbocycles. The third kappa shape index (κ3) is 3.50. The van der Waals surface area contributed by atoms with Crippen LogP contribution in [0.4, 0.5) is 0 Å². The Bertz CT molecular complexity index is 675. The van der Waals surface area contributed by atoms with Crippen LogP contribution in [0.2, 0.25) is 5.15 Å². The number of nitrogens with one attached hydrogen (secondary N) is 1. The number of aromatic nitrogens is 2. The number of hydrogen-bond acceptors (Lipinski definition) is 4. The molecular formula is C12H12ClN3O2S. The van der Waals surface area contributed by atoms with Crippen molar-refractivity contribution in [3.8, 4) is 0 Å². The minimum Gasteiger partial charge on any atom is -0.265 e. The first-order valence-electron chi connectivity index (χ1n) is 5.50. The Balaban J connectivity index is 2.16. The smallest absolute Gasteiger partial charge is 0.242 e. The first-order chi connectivity index (χ1) is 8.99. The van der Waals surface area contributed by atoms with Gasteiger partial charge in [-0.2, -0.15) is 0 Å². The Kier molecular flexibility index (Phi) is 4.14. The first kappa shape index (κ1) is 13.9. The van der Waals surface area contributed by atoms with E-state index >= 15 is 0 Å². The number of sulfonamides is 1. The summed E-state index contributed by atoms with van der Waals surface area (Å²) in [5.41, 5.74) is 1.45. The SMILES string of the molecule is Cc1cc(S(=O)(=O)NCc2ccncc2)cnc1Cl. The summed E-state index contributed by atoms with van der Waals surface area (Å²) in [5, 5.41) is 0.299. The van der Waals surface area contributed by atoms with Crippen LogP contribution in [0, 0.1) is 6.92 Å². The summed E-state index contributed by atoms with van der Waals surface area (Å²) in [6.07, 6.45) is 4.46. The number of pyridine rings is 2. The molecule has 0 saturated heterocycles. The third-order valence-corrected chi connectivity index (χ3v) is 4.28. The molecule has 2 aromatic heterocycles. The number of aryl methyl sites for hydroxylation is 1. The second kappa shape index (κ2) is 5.64. The second-order valence-electron chi connectivity index (χ2n) is 3.96. The van der Waals surface area contributed by atoms with Crippen molar-refractivity contribution in [1.29, 1.82) is 0 Å². The molecule has 0 aliphatic heterocycles. The largest absolute Gasteiger partial charge is 0.265 e. The highest BCUT2D eigenvalue weighted by Crippen LogP contribution is 2.16. The van der Waals surface area contributed by atoms with Gasteiger partial charge in [0.15, 0.2) is 0 Å². The lowest BCUT2D eigenvalue weighted by Crippen LogP contribution is -2.23. The normalized spacial score (nSPS) is 11.5. The lowest BCUT2D eigenvalue weighted by atomic mass is 10.3. The fourth-order valence-electron chi connectivity index (χ4n) is 1.44. The number of nitrogens with zero attached hydrogens (tertiary/aromatic N) is 2. The summed E-state index contributed by atoms with van der Waals surface area (Å²) in [5.74, 6) is 0. The monoisotopic (exact) mass is 297 g/mol. The van der Waals surface area contributed by atoms with Crippen molar-refractivity contribution in [2.45, 2.75) is 18.4 Å². The molecule has 0 atom stereocenters. The molecule has 0 spiro atoms. The topological polar surface area (TPSA) is 72.0 Å². The molecule has 5 nitrogen and oxygen atoms in total. The zero-order chi connectivity index (χ0) is 13.9. The van der Waals surface area contributed by atoms with E-state index in [9.17, 15) is 8.42 Å². The molecule has 2 aromatic rings. The molecule has 0 aromatic carbocycles. The maximum Gasteiger partial charge on any atom is 0.242 e. The molecule has 0 aliphatic carbocycles. The third-order valence-electron chi connectivity index (χ3n) is 2.52. The average molecular weight is 298 g/mol. The summed E-state index contributed by atoms with van der Waals surface area (Å²) in [6.45, 7) is 1.91. The fraction of sp³-hybridized carbons (Fsp3) is 0.167. The van der Waals surface area contributed by atoms with Gasteiger partial charge >= 0.3 is 0 Å². The van der Waals surface area contributed by atoms with Crippen LogP contribution >= 0.6 is 11.6 Å². The summed E-state index contributed by atoms with van der Waals surface area (Å²) < 4.78 is 26.6. The maximum absolute atomic E-state index is 12.1. The molecule has 19 heavy (non-hydrogen) atoms. The van der Waals surface area contributed by atoms with Crippen LogP contribution in [0.3, 0.4) is 0 Å². The Labute approximate surface area is 116 Å². The molecule has 0 amide bonds. The molecule has 0 bridgehead atoms. The van der Waals surface area contributed by atoms with Gasteiger partial charge in [0.2, 0.25) is 10.0 Å². The lowest BCUT2D eigenvalue weighted by molar-refractivity contribution is 0.580. The Hall–Kier alpha value is -1.50. The van der Waals surface area contributed by atoms with Crippen molar-refractivity contribution in [3.63, 3.8) is 0 Å². The van der Waals surface area contributed by atoms with E-state index in [-0.39, 0.29) is 11.4 Å². The van der Waals surface area contributed by atoms with Crippen LogP contribution < -0.4 is 4.72 Å². The molecular weight excluding hydrogens is 286 g/mol. The first-order valence-corrected chi connectivity index (χ1v) is 7.36. The highest BCUT2D eigenvalue weighted by atomic mass is 35.5. The molecule has 0 unspecified atom stereocenters.